The van der Waals surface area contributed by atoms with Crippen LogP contribution in [0, 0.1) is 29.1 Å². The van der Waals surface area contributed by atoms with Gasteiger partial charge >= 0.3 is 11.9 Å². The molecule has 3 aliphatic carbocycles. The summed E-state index contributed by atoms with van der Waals surface area (Å²) >= 11 is 0. The molecule has 0 spiro atoms. The Hall–Kier alpha value is -1.95. The molecule has 0 heterocycles. The Morgan fingerprint density at radius 2 is 1.88 bits per heavy atom. The minimum Gasteiger partial charge on any atom is -0.461 e. The molecule has 6 atom stereocenters. The molecule has 2 fully saturated rings. The van der Waals surface area contributed by atoms with E-state index in [2.05, 4.69) is 20.8 Å². The zero-order chi connectivity index (χ0) is 25.3. The van der Waals surface area contributed by atoms with Crippen molar-refractivity contribution >= 4 is 17.7 Å². The van der Waals surface area contributed by atoms with Crippen molar-refractivity contribution < 1.29 is 29.0 Å². The maximum atomic E-state index is 14.0. The first-order chi connectivity index (χ1) is 16.0. The molecule has 0 amide bonds. The van der Waals surface area contributed by atoms with Crippen LogP contribution < -0.4 is 0 Å². The third kappa shape index (κ3) is 5.17. The number of allylic oxidation sites excluding steroid dienone is 1. The average Bonchev–Trinajstić information content (AvgIpc) is 3.17. The van der Waals surface area contributed by atoms with E-state index in [1.54, 1.807) is 6.92 Å². The first-order valence-corrected chi connectivity index (χ1v) is 12.9. The van der Waals surface area contributed by atoms with Crippen LogP contribution in [0.15, 0.2) is 23.3 Å². The molecule has 0 saturated heterocycles. The van der Waals surface area contributed by atoms with Gasteiger partial charge in [-0.1, -0.05) is 52.7 Å². The van der Waals surface area contributed by atoms with Crippen molar-refractivity contribution in [2.45, 2.75) is 98.2 Å². The zero-order valence-electron chi connectivity index (χ0n) is 21.7. The minimum absolute atomic E-state index is 0.0921. The lowest BCUT2D eigenvalue weighted by atomic mass is 9.81. The van der Waals surface area contributed by atoms with Crippen LogP contribution in [0.2, 0.25) is 0 Å². The van der Waals surface area contributed by atoms with Gasteiger partial charge in [0.2, 0.25) is 5.78 Å². The largest absolute Gasteiger partial charge is 0.461 e. The van der Waals surface area contributed by atoms with E-state index in [9.17, 15) is 19.5 Å². The van der Waals surface area contributed by atoms with Gasteiger partial charge in [0.25, 0.3) is 0 Å². The van der Waals surface area contributed by atoms with E-state index in [1.165, 1.54) is 6.92 Å². The van der Waals surface area contributed by atoms with Gasteiger partial charge < -0.3 is 14.6 Å². The predicted octanol–water partition coefficient (Wildman–Crippen LogP) is 4.94. The summed E-state index contributed by atoms with van der Waals surface area (Å²) in [4.78, 5) is 39.0. The monoisotopic (exact) mass is 474 g/mol. The number of ketones is 1. The number of carbonyl (C=O) groups is 3. The van der Waals surface area contributed by atoms with Crippen molar-refractivity contribution in [3.8, 4) is 0 Å². The van der Waals surface area contributed by atoms with Crippen molar-refractivity contribution in [1.29, 1.82) is 0 Å². The summed E-state index contributed by atoms with van der Waals surface area (Å²) in [7, 11) is 0. The quantitative estimate of drug-likeness (QED) is 0.319. The van der Waals surface area contributed by atoms with Gasteiger partial charge in [-0.25, -0.2) is 0 Å². The molecule has 0 aromatic heterocycles. The summed E-state index contributed by atoms with van der Waals surface area (Å²) in [5.41, 5.74) is 0.0418. The zero-order valence-corrected chi connectivity index (χ0v) is 21.7. The molecule has 0 unspecified atom stereocenters. The number of rotatable bonds is 7. The highest BCUT2D eigenvalue weighted by Gasteiger charge is 2.61. The fourth-order valence-electron chi connectivity index (χ4n) is 6.31. The highest BCUT2D eigenvalue weighted by atomic mass is 16.6. The average molecular weight is 475 g/mol. The van der Waals surface area contributed by atoms with E-state index in [-0.39, 0.29) is 42.0 Å². The summed E-state index contributed by atoms with van der Waals surface area (Å²) in [5, 5.41) is 10.2. The fraction of sp³-hybridized carbons (Fsp3) is 0.750. The predicted molar refractivity (Wildman–Crippen MR) is 130 cm³/mol. The van der Waals surface area contributed by atoms with Gasteiger partial charge in [-0.3, -0.25) is 14.4 Å². The highest BCUT2D eigenvalue weighted by molar-refractivity contribution is 6.03. The van der Waals surface area contributed by atoms with Crippen LogP contribution in [0.25, 0.3) is 0 Å². The normalized spacial score (nSPS) is 37.7. The molecule has 6 heteroatoms. The Balaban J connectivity index is 2.04. The molecule has 2 saturated carbocycles. The second-order valence-corrected chi connectivity index (χ2v) is 11.3. The molecule has 3 rings (SSSR count). The Bertz CT molecular complexity index is 868. The molecule has 0 bridgehead atoms. The van der Waals surface area contributed by atoms with Crippen LogP contribution in [0.3, 0.4) is 0 Å². The van der Waals surface area contributed by atoms with Crippen LogP contribution in [0.1, 0.15) is 86.5 Å². The number of hydrogen-bond donors (Lipinski definition) is 1. The van der Waals surface area contributed by atoms with Gasteiger partial charge in [-0.2, -0.15) is 0 Å². The first-order valence-electron chi connectivity index (χ1n) is 12.9. The van der Waals surface area contributed by atoms with Crippen molar-refractivity contribution in [1.82, 2.24) is 0 Å². The highest BCUT2D eigenvalue weighted by Crippen LogP contribution is 2.62. The van der Waals surface area contributed by atoms with Gasteiger partial charge in [0, 0.05) is 19.8 Å². The number of Topliss-reactive ketones (excluding diaryl/α,β-unsaturated/α-hetero) is 1. The number of fused-ring (bicyclic) bond motifs is 2. The number of ether oxygens (including phenoxy) is 2. The Morgan fingerprint density at radius 3 is 2.50 bits per heavy atom. The van der Waals surface area contributed by atoms with E-state index in [0.29, 0.717) is 24.3 Å². The second-order valence-electron chi connectivity index (χ2n) is 11.3. The van der Waals surface area contributed by atoms with E-state index >= 15 is 0 Å². The molecule has 0 radical (unpaired) electrons. The first kappa shape index (κ1) is 26.7. The van der Waals surface area contributed by atoms with Crippen LogP contribution in [-0.4, -0.2) is 41.1 Å². The smallest absolute Gasteiger partial charge is 0.306 e. The van der Waals surface area contributed by atoms with Gasteiger partial charge in [-0.15, -0.1) is 0 Å². The molecule has 190 valence electrons. The standard InChI is InChI=1S/C28H42O6/c1-7-8-9-10-24(31)33-25-18(3)15-28(34-19(4)30)23(25)14-20(16-29)11-12-21-22(27(21,5)6)13-17(2)26(28)32/h13-14,18,21-23,25,29H,7-12,15-16H2,1-6H3/b17-13+,20-14-/t18-,21-,22+,23-,25-,28+/m0/s1. The maximum absolute atomic E-state index is 14.0. The molecule has 3 aliphatic rings. The van der Waals surface area contributed by atoms with Crippen LogP contribution in [0.5, 0.6) is 0 Å². The van der Waals surface area contributed by atoms with Gasteiger partial charge in [-0.05, 0) is 60.5 Å². The number of esters is 2. The number of aliphatic hydroxyl groups is 1. The Labute approximate surface area is 204 Å². The van der Waals surface area contributed by atoms with Crippen LogP contribution >= 0.6 is 0 Å². The van der Waals surface area contributed by atoms with E-state index < -0.39 is 23.6 Å². The lowest BCUT2D eigenvalue weighted by molar-refractivity contribution is -0.170. The van der Waals surface area contributed by atoms with E-state index in [0.717, 1.165) is 31.3 Å². The summed E-state index contributed by atoms with van der Waals surface area (Å²) < 4.78 is 11.8. The molecular weight excluding hydrogens is 432 g/mol. The second kappa shape index (κ2) is 10.3. The third-order valence-corrected chi connectivity index (χ3v) is 8.36. The summed E-state index contributed by atoms with van der Waals surface area (Å²) in [6.07, 6.45) is 8.25. The molecule has 0 aliphatic heterocycles. The van der Waals surface area contributed by atoms with Gasteiger partial charge in [0.1, 0.15) is 6.10 Å². The van der Waals surface area contributed by atoms with Crippen molar-refractivity contribution in [2.24, 2.45) is 29.1 Å². The molecule has 1 N–H and O–H groups in total. The third-order valence-electron chi connectivity index (χ3n) is 8.36. The summed E-state index contributed by atoms with van der Waals surface area (Å²) in [6, 6.07) is 0. The van der Waals surface area contributed by atoms with Gasteiger partial charge in [0.05, 0.1) is 12.5 Å². The fourth-order valence-corrected chi connectivity index (χ4v) is 6.31. The molecule has 34 heavy (non-hydrogen) atoms. The number of carbonyl (C=O) groups excluding carboxylic acids is 3. The molecule has 0 aromatic rings. The summed E-state index contributed by atoms with van der Waals surface area (Å²) in [6.45, 7) is 11.4. The van der Waals surface area contributed by atoms with Crippen LogP contribution in [0.4, 0.5) is 0 Å². The van der Waals surface area contributed by atoms with E-state index in [4.69, 9.17) is 9.47 Å². The van der Waals surface area contributed by atoms with Crippen molar-refractivity contribution in [2.75, 3.05) is 6.61 Å². The van der Waals surface area contributed by atoms with Crippen molar-refractivity contribution in [3.63, 3.8) is 0 Å². The number of unbranched alkanes of at least 4 members (excludes halogenated alkanes) is 2. The maximum Gasteiger partial charge on any atom is 0.306 e. The van der Waals surface area contributed by atoms with Crippen molar-refractivity contribution in [3.05, 3.63) is 23.3 Å². The number of hydrogen-bond acceptors (Lipinski definition) is 6. The lowest BCUT2D eigenvalue weighted by Gasteiger charge is -2.34. The molecule has 0 aromatic carbocycles. The SMILES string of the molecule is CCCCCC(=O)O[C@H]1[C@@H](C)C[C@]2(OC(C)=O)C(=O)/C(C)=C/[C@@H]3[C@H](CC/C(CO)=C/[C@@H]12)C3(C)C. The van der Waals surface area contributed by atoms with Gasteiger partial charge in [0.15, 0.2) is 5.60 Å². The lowest BCUT2D eigenvalue weighted by Crippen LogP contribution is -2.48. The Kier molecular flexibility index (Phi) is 8.11. The Morgan fingerprint density at radius 1 is 1.18 bits per heavy atom. The van der Waals surface area contributed by atoms with Crippen LogP contribution in [-0.2, 0) is 23.9 Å². The number of aliphatic hydroxyl groups excluding tert-OH is 1. The van der Waals surface area contributed by atoms with E-state index in [1.807, 2.05) is 19.1 Å². The molecule has 6 nitrogen and oxygen atoms in total. The summed E-state index contributed by atoms with van der Waals surface area (Å²) in [5.74, 6) is -1.16. The minimum atomic E-state index is -1.44. The molecular formula is C28H42O6. The topological polar surface area (TPSA) is 89.9 Å².